The Balaban J connectivity index is 1.73. The molecule has 0 spiro atoms. The predicted octanol–water partition coefficient (Wildman–Crippen LogP) is 2.65. The van der Waals surface area contributed by atoms with Crippen LogP contribution in [0.5, 0.6) is 0 Å². The fourth-order valence-electron chi connectivity index (χ4n) is 3.17. The van der Waals surface area contributed by atoms with Crippen LogP contribution in [-0.4, -0.2) is 54.5 Å². The van der Waals surface area contributed by atoms with Crippen LogP contribution in [-0.2, 0) is 11.2 Å². The highest BCUT2D eigenvalue weighted by Gasteiger charge is 2.15. The lowest BCUT2D eigenvalue weighted by Crippen LogP contribution is -2.38. The molecule has 0 atom stereocenters. The van der Waals surface area contributed by atoms with Crippen LogP contribution in [0.25, 0.3) is 0 Å². The van der Waals surface area contributed by atoms with Gasteiger partial charge in [0.2, 0.25) is 5.91 Å². The molecule has 6 nitrogen and oxygen atoms in total. The SMILES string of the molecule is CCNC(=NCCCN1CCCCCC1=O)NCCc1sc(C)nc1C. The molecule has 1 aliphatic rings. The summed E-state index contributed by atoms with van der Waals surface area (Å²) in [5, 5.41) is 7.82. The van der Waals surface area contributed by atoms with Crippen LogP contribution in [0.1, 0.15) is 54.6 Å². The lowest BCUT2D eigenvalue weighted by atomic mass is 10.2. The Bertz CT molecular complexity index is 599. The number of hydrogen-bond donors (Lipinski definition) is 2. The van der Waals surface area contributed by atoms with Gasteiger partial charge in [0, 0.05) is 50.4 Å². The summed E-state index contributed by atoms with van der Waals surface area (Å²) in [4.78, 5) is 24.5. The standard InChI is InChI=1S/C19H33N5OS/c1-4-20-19(22-12-10-17-15(2)23-16(3)26-17)21-11-8-14-24-13-7-5-6-9-18(24)25/h4-14H2,1-3H3,(H2,20,21,22). The van der Waals surface area contributed by atoms with Gasteiger partial charge >= 0.3 is 0 Å². The van der Waals surface area contributed by atoms with Crippen molar-refractivity contribution in [3.63, 3.8) is 0 Å². The zero-order valence-electron chi connectivity index (χ0n) is 16.4. The predicted molar refractivity (Wildman–Crippen MR) is 109 cm³/mol. The van der Waals surface area contributed by atoms with E-state index >= 15 is 0 Å². The number of rotatable bonds is 8. The minimum Gasteiger partial charge on any atom is -0.357 e. The molecule has 2 heterocycles. The van der Waals surface area contributed by atoms with Crippen molar-refractivity contribution >= 4 is 23.2 Å². The molecule has 1 aromatic rings. The lowest BCUT2D eigenvalue weighted by molar-refractivity contribution is -0.130. The normalized spacial score (nSPS) is 15.9. The highest BCUT2D eigenvalue weighted by Crippen LogP contribution is 2.17. The first-order chi connectivity index (χ1) is 12.6. The molecular formula is C19H33N5OS. The molecule has 0 bridgehead atoms. The molecule has 1 aliphatic heterocycles. The van der Waals surface area contributed by atoms with Crippen molar-refractivity contribution in [2.24, 2.45) is 4.99 Å². The second-order valence-corrected chi connectivity index (χ2v) is 8.01. The van der Waals surface area contributed by atoms with Gasteiger partial charge in [0.25, 0.3) is 0 Å². The van der Waals surface area contributed by atoms with Crippen LogP contribution in [0.4, 0.5) is 0 Å². The summed E-state index contributed by atoms with van der Waals surface area (Å²) in [7, 11) is 0. The maximum Gasteiger partial charge on any atom is 0.222 e. The van der Waals surface area contributed by atoms with E-state index in [2.05, 4.69) is 41.4 Å². The molecule has 0 aromatic carbocycles. The van der Waals surface area contributed by atoms with Gasteiger partial charge in [-0.05, 0) is 40.0 Å². The van der Waals surface area contributed by atoms with Gasteiger partial charge in [-0.2, -0.15) is 0 Å². The molecular weight excluding hydrogens is 346 g/mol. The molecule has 1 saturated heterocycles. The van der Waals surface area contributed by atoms with E-state index in [1.54, 1.807) is 11.3 Å². The Morgan fingerprint density at radius 2 is 2.12 bits per heavy atom. The maximum atomic E-state index is 12.0. The molecule has 26 heavy (non-hydrogen) atoms. The van der Waals surface area contributed by atoms with Crippen molar-refractivity contribution in [2.75, 3.05) is 32.7 Å². The van der Waals surface area contributed by atoms with Crippen molar-refractivity contribution in [3.05, 3.63) is 15.6 Å². The van der Waals surface area contributed by atoms with Gasteiger partial charge in [0.15, 0.2) is 5.96 Å². The van der Waals surface area contributed by atoms with E-state index in [1.165, 1.54) is 11.3 Å². The molecule has 1 fully saturated rings. The van der Waals surface area contributed by atoms with Crippen LogP contribution in [0, 0.1) is 13.8 Å². The number of aliphatic imine (C=N–C) groups is 1. The van der Waals surface area contributed by atoms with E-state index < -0.39 is 0 Å². The third-order valence-electron chi connectivity index (χ3n) is 4.52. The molecule has 0 radical (unpaired) electrons. The smallest absolute Gasteiger partial charge is 0.222 e. The molecule has 2 rings (SSSR count). The highest BCUT2D eigenvalue weighted by atomic mass is 32.1. The lowest BCUT2D eigenvalue weighted by Gasteiger charge is -2.20. The summed E-state index contributed by atoms with van der Waals surface area (Å²) in [5.74, 6) is 1.17. The first kappa shape index (κ1) is 20.7. The molecule has 1 amide bonds. The first-order valence-corrected chi connectivity index (χ1v) is 10.6. The van der Waals surface area contributed by atoms with E-state index in [-0.39, 0.29) is 0 Å². The number of nitrogens with one attached hydrogen (secondary N) is 2. The number of carbonyl (C=O) groups is 1. The van der Waals surface area contributed by atoms with Crippen LogP contribution in [0.2, 0.25) is 0 Å². The average Bonchev–Trinajstić information content (AvgIpc) is 2.79. The molecule has 146 valence electrons. The summed E-state index contributed by atoms with van der Waals surface area (Å²) < 4.78 is 0. The molecule has 2 N–H and O–H groups in total. The van der Waals surface area contributed by atoms with Crippen molar-refractivity contribution in [1.82, 2.24) is 20.5 Å². The minimum atomic E-state index is 0.312. The number of aryl methyl sites for hydroxylation is 2. The fraction of sp³-hybridized carbons (Fsp3) is 0.737. The number of amides is 1. The Kier molecular flexibility index (Phi) is 8.88. The van der Waals surface area contributed by atoms with Crippen molar-refractivity contribution in [1.29, 1.82) is 0 Å². The number of hydrogen-bond acceptors (Lipinski definition) is 4. The second-order valence-electron chi connectivity index (χ2n) is 6.72. The summed E-state index contributed by atoms with van der Waals surface area (Å²) in [6, 6.07) is 0. The van der Waals surface area contributed by atoms with Gasteiger partial charge in [-0.25, -0.2) is 4.98 Å². The molecule has 0 unspecified atom stereocenters. The number of likely N-dealkylation sites (tertiary alicyclic amines) is 1. The first-order valence-electron chi connectivity index (χ1n) is 9.83. The summed E-state index contributed by atoms with van der Waals surface area (Å²) in [5.41, 5.74) is 1.14. The summed E-state index contributed by atoms with van der Waals surface area (Å²) in [6.07, 6.45) is 5.94. The van der Waals surface area contributed by atoms with Crippen molar-refractivity contribution in [3.8, 4) is 0 Å². The van der Waals surface area contributed by atoms with E-state index in [9.17, 15) is 4.79 Å². The fourth-order valence-corrected chi connectivity index (χ4v) is 4.11. The van der Waals surface area contributed by atoms with E-state index in [0.29, 0.717) is 12.3 Å². The third kappa shape index (κ3) is 6.94. The van der Waals surface area contributed by atoms with Crippen molar-refractivity contribution < 1.29 is 4.79 Å². The zero-order chi connectivity index (χ0) is 18.8. The Labute approximate surface area is 161 Å². The van der Waals surface area contributed by atoms with Crippen LogP contribution in [0.3, 0.4) is 0 Å². The van der Waals surface area contributed by atoms with Gasteiger partial charge in [-0.15, -0.1) is 11.3 Å². The molecule has 7 heteroatoms. The topological polar surface area (TPSA) is 69.6 Å². The van der Waals surface area contributed by atoms with Gasteiger partial charge < -0.3 is 15.5 Å². The monoisotopic (exact) mass is 379 g/mol. The van der Waals surface area contributed by atoms with Crippen LogP contribution < -0.4 is 10.6 Å². The largest absolute Gasteiger partial charge is 0.357 e. The highest BCUT2D eigenvalue weighted by molar-refractivity contribution is 7.11. The quantitative estimate of drug-likeness (QED) is 0.414. The van der Waals surface area contributed by atoms with Crippen molar-refractivity contribution in [2.45, 2.75) is 59.3 Å². The zero-order valence-corrected chi connectivity index (χ0v) is 17.3. The Morgan fingerprint density at radius 1 is 1.27 bits per heavy atom. The van der Waals surface area contributed by atoms with E-state index in [4.69, 9.17) is 0 Å². The van der Waals surface area contributed by atoms with E-state index in [1.807, 2.05) is 4.90 Å². The van der Waals surface area contributed by atoms with Gasteiger partial charge in [0.05, 0.1) is 10.7 Å². The second kappa shape index (κ2) is 11.2. The summed E-state index contributed by atoms with van der Waals surface area (Å²) in [6.45, 7) is 10.3. The molecule has 1 aromatic heterocycles. The Hall–Kier alpha value is -1.63. The van der Waals surface area contributed by atoms with Crippen LogP contribution >= 0.6 is 11.3 Å². The number of carbonyl (C=O) groups excluding carboxylic acids is 1. The number of guanidine groups is 1. The van der Waals surface area contributed by atoms with Gasteiger partial charge in [-0.1, -0.05) is 6.42 Å². The van der Waals surface area contributed by atoms with Gasteiger partial charge in [-0.3, -0.25) is 9.79 Å². The summed E-state index contributed by atoms with van der Waals surface area (Å²) >= 11 is 1.77. The number of aromatic nitrogens is 1. The number of thiazole rings is 1. The van der Waals surface area contributed by atoms with Gasteiger partial charge in [0.1, 0.15) is 0 Å². The average molecular weight is 380 g/mol. The van der Waals surface area contributed by atoms with E-state index in [0.717, 1.165) is 75.1 Å². The maximum absolute atomic E-state index is 12.0. The number of nitrogens with zero attached hydrogens (tertiary/aromatic N) is 3. The molecule has 0 saturated carbocycles. The molecule has 0 aliphatic carbocycles. The minimum absolute atomic E-state index is 0.312. The Morgan fingerprint density at radius 3 is 2.85 bits per heavy atom. The van der Waals surface area contributed by atoms with Crippen LogP contribution in [0.15, 0.2) is 4.99 Å². The third-order valence-corrected chi connectivity index (χ3v) is 5.65.